The van der Waals surface area contributed by atoms with Crippen LogP contribution in [0.5, 0.6) is 0 Å². The molecular weight excluding hydrogens is 343 g/mol. The molecule has 0 bridgehead atoms. The number of thioether (sulfide) groups is 1. The van der Waals surface area contributed by atoms with E-state index in [9.17, 15) is 0 Å². The standard InChI is InChI=1S/C13H15IN2S/c14-10-5-1-2-6-12(10)16-13-15-11-7-3-4-9(11)8-17-13/h1-2,5-6,9,11H,3-4,7-8H2,(H,15,16). The second-order valence-corrected chi connectivity index (χ2v) is 6.78. The molecule has 0 spiro atoms. The van der Waals surface area contributed by atoms with Crippen LogP contribution in [0.1, 0.15) is 19.3 Å². The Bertz CT molecular complexity index is 447. The Morgan fingerprint density at radius 2 is 2.18 bits per heavy atom. The van der Waals surface area contributed by atoms with E-state index >= 15 is 0 Å². The molecule has 3 rings (SSSR count). The third-order valence-electron chi connectivity index (χ3n) is 3.45. The molecular formula is C13H15IN2S. The molecule has 2 aliphatic rings. The van der Waals surface area contributed by atoms with Crippen LogP contribution in [-0.2, 0) is 0 Å². The lowest BCUT2D eigenvalue weighted by atomic mass is 10.1. The predicted molar refractivity (Wildman–Crippen MR) is 83.8 cm³/mol. The molecule has 4 heteroatoms. The average Bonchev–Trinajstić information content (AvgIpc) is 2.79. The van der Waals surface area contributed by atoms with Crippen molar-refractivity contribution in [3.63, 3.8) is 0 Å². The number of nitrogens with one attached hydrogen (secondary N) is 1. The van der Waals surface area contributed by atoms with E-state index in [1.54, 1.807) is 0 Å². The third kappa shape index (κ3) is 2.62. The Morgan fingerprint density at radius 3 is 3.06 bits per heavy atom. The number of anilines is 1. The molecule has 1 aromatic rings. The number of rotatable bonds is 1. The number of aliphatic imine (C=N–C) groups is 1. The molecule has 2 unspecified atom stereocenters. The van der Waals surface area contributed by atoms with Crippen molar-refractivity contribution < 1.29 is 0 Å². The minimum absolute atomic E-state index is 0.583. The van der Waals surface area contributed by atoms with Gasteiger partial charge in [0.05, 0.1) is 11.7 Å². The van der Waals surface area contributed by atoms with Crippen LogP contribution in [0.2, 0.25) is 0 Å². The first-order valence-electron chi connectivity index (χ1n) is 6.05. The minimum Gasteiger partial charge on any atom is -0.334 e. The van der Waals surface area contributed by atoms with Gasteiger partial charge in [0.1, 0.15) is 0 Å². The van der Waals surface area contributed by atoms with Gasteiger partial charge in [0.25, 0.3) is 0 Å². The zero-order chi connectivity index (χ0) is 11.7. The summed E-state index contributed by atoms with van der Waals surface area (Å²) in [4.78, 5) is 4.85. The summed E-state index contributed by atoms with van der Waals surface area (Å²) < 4.78 is 1.25. The highest BCUT2D eigenvalue weighted by atomic mass is 127. The van der Waals surface area contributed by atoms with Crippen molar-refractivity contribution >= 4 is 45.2 Å². The number of fused-ring (bicyclic) bond motifs is 1. The first-order chi connectivity index (χ1) is 8.33. The smallest absolute Gasteiger partial charge is 0.161 e. The number of benzene rings is 1. The van der Waals surface area contributed by atoms with E-state index in [0.29, 0.717) is 6.04 Å². The molecule has 1 N–H and O–H groups in total. The van der Waals surface area contributed by atoms with E-state index in [1.165, 1.54) is 34.3 Å². The van der Waals surface area contributed by atoms with Gasteiger partial charge in [-0.15, -0.1) is 0 Å². The number of amidine groups is 1. The zero-order valence-electron chi connectivity index (χ0n) is 9.53. The summed E-state index contributed by atoms with van der Waals surface area (Å²) in [6.07, 6.45) is 4.01. The fourth-order valence-electron chi connectivity index (χ4n) is 2.50. The van der Waals surface area contributed by atoms with Crippen molar-refractivity contribution in [2.45, 2.75) is 25.3 Å². The number of hydrogen-bond donors (Lipinski definition) is 1. The number of nitrogens with zero attached hydrogens (tertiary/aromatic N) is 1. The lowest BCUT2D eigenvalue weighted by Gasteiger charge is -2.23. The molecule has 0 saturated heterocycles. The minimum atomic E-state index is 0.583. The molecule has 1 fully saturated rings. The van der Waals surface area contributed by atoms with E-state index in [-0.39, 0.29) is 0 Å². The van der Waals surface area contributed by atoms with Crippen LogP contribution < -0.4 is 5.32 Å². The summed E-state index contributed by atoms with van der Waals surface area (Å²) in [7, 11) is 0. The van der Waals surface area contributed by atoms with Crippen LogP contribution in [0.3, 0.4) is 0 Å². The Hall–Kier alpha value is -0.230. The average molecular weight is 358 g/mol. The number of para-hydroxylation sites is 1. The molecule has 2 nitrogen and oxygen atoms in total. The Kier molecular flexibility index (Phi) is 3.61. The maximum absolute atomic E-state index is 4.85. The highest BCUT2D eigenvalue weighted by Gasteiger charge is 2.30. The molecule has 90 valence electrons. The van der Waals surface area contributed by atoms with E-state index in [1.807, 2.05) is 11.8 Å². The summed E-state index contributed by atoms with van der Waals surface area (Å²) in [6.45, 7) is 0. The van der Waals surface area contributed by atoms with E-state index in [0.717, 1.165) is 11.1 Å². The fraction of sp³-hybridized carbons (Fsp3) is 0.462. The van der Waals surface area contributed by atoms with Gasteiger partial charge in [-0.3, -0.25) is 4.99 Å². The van der Waals surface area contributed by atoms with Crippen molar-refractivity contribution in [2.24, 2.45) is 10.9 Å². The van der Waals surface area contributed by atoms with Crippen molar-refractivity contribution in [1.29, 1.82) is 0 Å². The number of hydrogen-bond acceptors (Lipinski definition) is 3. The van der Waals surface area contributed by atoms with E-state index in [4.69, 9.17) is 4.99 Å². The third-order valence-corrected chi connectivity index (χ3v) is 5.47. The van der Waals surface area contributed by atoms with Gasteiger partial charge >= 0.3 is 0 Å². The summed E-state index contributed by atoms with van der Waals surface area (Å²) in [6, 6.07) is 8.95. The van der Waals surface area contributed by atoms with Crippen LogP contribution >= 0.6 is 34.4 Å². The molecule has 1 aliphatic carbocycles. The normalized spacial score (nSPS) is 27.5. The van der Waals surface area contributed by atoms with Crippen LogP contribution in [-0.4, -0.2) is 17.0 Å². The van der Waals surface area contributed by atoms with Crippen LogP contribution in [0.4, 0.5) is 5.69 Å². The maximum Gasteiger partial charge on any atom is 0.161 e. The van der Waals surface area contributed by atoms with Crippen LogP contribution in [0.15, 0.2) is 29.3 Å². The van der Waals surface area contributed by atoms with Gasteiger partial charge in [-0.1, -0.05) is 30.3 Å². The lowest BCUT2D eigenvalue weighted by molar-refractivity contribution is 0.535. The molecule has 0 radical (unpaired) electrons. The monoisotopic (exact) mass is 358 g/mol. The SMILES string of the molecule is Ic1ccccc1NC1=NC2CCCC2CS1. The molecule has 2 atom stereocenters. The van der Waals surface area contributed by atoms with Gasteiger partial charge in [-0.05, 0) is 53.5 Å². The summed E-state index contributed by atoms with van der Waals surface area (Å²) >= 11 is 4.24. The first-order valence-corrected chi connectivity index (χ1v) is 8.11. The molecule has 0 aromatic heterocycles. The highest BCUT2D eigenvalue weighted by Crippen LogP contribution is 2.35. The Morgan fingerprint density at radius 1 is 1.29 bits per heavy atom. The van der Waals surface area contributed by atoms with Gasteiger partial charge in [-0.2, -0.15) is 0 Å². The fourth-order valence-corrected chi connectivity index (χ4v) is 4.18. The maximum atomic E-state index is 4.85. The van der Waals surface area contributed by atoms with E-state index < -0.39 is 0 Å². The molecule has 0 amide bonds. The largest absolute Gasteiger partial charge is 0.334 e. The first kappa shape index (κ1) is 11.8. The van der Waals surface area contributed by atoms with Crippen LogP contribution in [0, 0.1) is 9.49 Å². The second-order valence-electron chi connectivity index (χ2n) is 4.61. The van der Waals surface area contributed by atoms with Gasteiger partial charge in [0.2, 0.25) is 0 Å². The van der Waals surface area contributed by atoms with Gasteiger partial charge in [-0.25, -0.2) is 0 Å². The van der Waals surface area contributed by atoms with Crippen LogP contribution in [0.25, 0.3) is 0 Å². The van der Waals surface area contributed by atoms with Crippen molar-refractivity contribution in [1.82, 2.24) is 0 Å². The molecule has 17 heavy (non-hydrogen) atoms. The van der Waals surface area contributed by atoms with Gasteiger partial charge in [0, 0.05) is 9.32 Å². The highest BCUT2D eigenvalue weighted by molar-refractivity contribution is 14.1. The Balaban J connectivity index is 1.76. The van der Waals surface area contributed by atoms with Crippen molar-refractivity contribution in [3.8, 4) is 0 Å². The van der Waals surface area contributed by atoms with Gasteiger partial charge < -0.3 is 5.32 Å². The summed E-state index contributed by atoms with van der Waals surface area (Å²) in [5.74, 6) is 2.07. The topological polar surface area (TPSA) is 24.4 Å². The second kappa shape index (κ2) is 5.18. The van der Waals surface area contributed by atoms with E-state index in [2.05, 4.69) is 52.2 Å². The molecule has 1 saturated carbocycles. The summed E-state index contributed by atoms with van der Waals surface area (Å²) in [5, 5.41) is 4.58. The quantitative estimate of drug-likeness (QED) is 0.769. The Labute approximate surface area is 120 Å². The summed E-state index contributed by atoms with van der Waals surface area (Å²) in [5.41, 5.74) is 1.18. The number of halogens is 1. The molecule has 1 heterocycles. The van der Waals surface area contributed by atoms with Crippen molar-refractivity contribution in [3.05, 3.63) is 27.8 Å². The molecule has 1 aliphatic heterocycles. The predicted octanol–water partition coefficient (Wildman–Crippen LogP) is 3.97. The van der Waals surface area contributed by atoms with Crippen molar-refractivity contribution in [2.75, 3.05) is 11.1 Å². The van der Waals surface area contributed by atoms with Gasteiger partial charge in [0.15, 0.2) is 5.17 Å². The molecule has 1 aromatic carbocycles. The lowest BCUT2D eigenvalue weighted by Crippen LogP contribution is -2.25. The zero-order valence-corrected chi connectivity index (χ0v) is 12.5.